The van der Waals surface area contributed by atoms with Gasteiger partial charge in [0.15, 0.2) is 5.82 Å². The van der Waals surface area contributed by atoms with Crippen molar-refractivity contribution in [3.8, 4) is 0 Å². The van der Waals surface area contributed by atoms with E-state index in [0.29, 0.717) is 13.1 Å². The molecule has 8 nitrogen and oxygen atoms in total. The van der Waals surface area contributed by atoms with Crippen LogP contribution in [0.25, 0.3) is 0 Å². The van der Waals surface area contributed by atoms with E-state index in [1.54, 1.807) is 0 Å². The number of nitrogens with two attached hydrogens (primary N) is 1. The summed E-state index contributed by atoms with van der Waals surface area (Å²) < 4.78 is 1.94. The Kier molecular flexibility index (Phi) is 7.84. The Bertz CT molecular complexity index is 1100. The van der Waals surface area contributed by atoms with Gasteiger partial charge in [0, 0.05) is 25.7 Å². The fraction of sp³-hybridized carbons (Fsp3) is 0.462. The van der Waals surface area contributed by atoms with E-state index >= 15 is 0 Å². The Balaban J connectivity index is 1.97. The van der Waals surface area contributed by atoms with Crippen molar-refractivity contribution in [1.29, 1.82) is 0 Å². The van der Waals surface area contributed by atoms with Crippen molar-refractivity contribution in [2.75, 3.05) is 5.32 Å². The van der Waals surface area contributed by atoms with E-state index < -0.39 is 0 Å². The molecule has 1 unspecified atom stereocenters. The first-order chi connectivity index (χ1) is 16.0. The summed E-state index contributed by atoms with van der Waals surface area (Å²) in [5.74, 6) is 0.645. The standard InChI is InChI=1S/C26H37N7O/c1-18(34)29-22-12-10-21(11-13-22)23(28-16-20-9-7-8-19(14-20)15-27)24-30-31-32-33(24)26(5,6)17-25(2,3)4/h7-14,23,28H,15-17,27H2,1-6H3,(H,29,34). The van der Waals surface area contributed by atoms with Crippen LogP contribution in [0.1, 0.15) is 76.5 Å². The van der Waals surface area contributed by atoms with Gasteiger partial charge in [-0.15, -0.1) is 5.10 Å². The number of carbonyl (C=O) groups excluding carboxylic acids is 1. The molecule has 0 saturated heterocycles. The number of benzene rings is 2. The molecule has 182 valence electrons. The quantitative estimate of drug-likeness (QED) is 0.440. The molecule has 2 aromatic carbocycles. The summed E-state index contributed by atoms with van der Waals surface area (Å²) in [6.45, 7) is 13.6. The molecule has 1 aromatic heterocycles. The van der Waals surface area contributed by atoms with Crippen molar-refractivity contribution in [2.24, 2.45) is 11.1 Å². The number of amides is 1. The van der Waals surface area contributed by atoms with Crippen LogP contribution in [-0.4, -0.2) is 26.1 Å². The third-order valence-corrected chi connectivity index (χ3v) is 5.59. The molecule has 3 aromatic rings. The van der Waals surface area contributed by atoms with E-state index in [0.717, 1.165) is 34.6 Å². The monoisotopic (exact) mass is 463 g/mol. The van der Waals surface area contributed by atoms with Gasteiger partial charge in [-0.2, -0.15) is 0 Å². The normalized spacial score (nSPS) is 13.0. The molecule has 0 aliphatic carbocycles. The lowest BCUT2D eigenvalue weighted by atomic mass is 9.81. The first kappa shape index (κ1) is 25.5. The maximum atomic E-state index is 11.4. The average Bonchev–Trinajstić information content (AvgIpc) is 3.24. The number of nitrogens with zero attached hydrogens (tertiary/aromatic N) is 4. The highest BCUT2D eigenvalue weighted by Crippen LogP contribution is 2.34. The zero-order valence-electron chi connectivity index (χ0n) is 21.1. The summed E-state index contributed by atoms with van der Waals surface area (Å²) in [5.41, 5.74) is 9.63. The molecular weight excluding hydrogens is 426 g/mol. The third-order valence-electron chi connectivity index (χ3n) is 5.59. The zero-order chi connectivity index (χ0) is 24.9. The maximum Gasteiger partial charge on any atom is 0.221 e. The highest BCUT2D eigenvalue weighted by atomic mass is 16.1. The van der Waals surface area contributed by atoms with Crippen molar-refractivity contribution in [3.05, 3.63) is 71.0 Å². The highest BCUT2D eigenvalue weighted by Gasteiger charge is 2.33. The van der Waals surface area contributed by atoms with Gasteiger partial charge in [-0.05, 0) is 64.9 Å². The average molecular weight is 464 g/mol. The number of nitrogens with one attached hydrogen (secondary N) is 2. The van der Waals surface area contributed by atoms with Gasteiger partial charge in [0.2, 0.25) is 5.91 Å². The molecule has 0 fully saturated rings. The van der Waals surface area contributed by atoms with Crippen molar-refractivity contribution in [3.63, 3.8) is 0 Å². The van der Waals surface area contributed by atoms with E-state index in [-0.39, 0.29) is 22.9 Å². The minimum absolute atomic E-state index is 0.102. The molecule has 8 heteroatoms. The maximum absolute atomic E-state index is 11.4. The molecule has 0 saturated carbocycles. The van der Waals surface area contributed by atoms with Crippen LogP contribution in [0.15, 0.2) is 48.5 Å². The molecule has 1 heterocycles. The first-order valence-electron chi connectivity index (χ1n) is 11.7. The second-order valence-electron chi connectivity index (χ2n) is 10.6. The predicted octanol–water partition coefficient (Wildman–Crippen LogP) is 4.14. The summed E-state index contributed by atoms with van der Waals surface area (Å²) in [6, 6.07) is 15.8. The first-order valence-corrected chi connectivity index (χ1v) is 11.7. The Hall–Kier alpha value is -3.10. The minimum atomic E-state index is -0.285. The van der Waals surface area contributed by atoms with Crippen LogP contribution in [0.2, 0.25) is 0 Å². The predicted molar refractivity (Wildman–Crippen MR) is 135 cm³/mol. The van der Waals surface area contributed by atoms with Gasteiger partial charge in [0.1, 0.15) is 0 Å². The SMILES string of the molecule is CC(=O)Nc1ccc(C(NCc2cccc(CN)c2)c2nnnn2C(C)(C)CC(C)(C)C)cc1. The summed E-state index contributed by atoms with van der Waals surface area (Å²) in [4.78, 5) is 11.4. The summed E-state index contributed by atoms with van der Waals surface area (Å²) in [6.07, 6.45) is 0.908. The molecule has 4 N–H and O–H groups in total. The van der Waals surface area contributed by atoms with Gasteiger partial charge in [0.05, 0.1) is 11.6 Å². The van der Waals surface area contributed by atoms with Crippen molar-refractivity contribution >= 4 is 11.6 Å². The van der Waals surface area contributed by atoms with Gasteiger partial charge in [0.25, 0.3) is 0 Å². The second kappa shape index (κ2) is 10.4. The highest BCUT2D eigenvalue weighted by molar-refractivity contribution is 5.88. The Labute approximate surface area is 202 Å². The largest absolute Gasteiger partial charge is 0.326 e. The van der Waals surface area contributed by atoms with Gasteiger partial charge < -0.3 is 11.1 Å². The molecule has 1 amide bonds. The van der Waals surface area contributed by atoms with Crippen molar-refractivity contribution in [2.45, 2.75) is 72.6 Å². The molecule has 1 atom stereocenters. The van der Waals surface area contributed by atoms with E-state index in [9.17, 15) is 4.79 Å². The molecule has 0 radical (unpaired) electrons. The van der Waals surface area contributed by atoms with E-state index in [1.807, 2.05) is 41.1 Å². The number of carbonyl (C=O) groups is 1. The van der Waals surface area contributed by atoms with Gasteiger partial charge in [-0.3, -0.25) is 10.1 Å². The number of anilines is 1. The molecule has 0 spiro atoms. The van der Waals surface area contributed by atoms with Gasteiger partial charge >= 0.3 is 0 Å². The van der Waals surface area contributed by atoms with Crippen LogP contribution in [0.3, 0.4) is 0 Å². The number of rotatable bonds is 9. The van der Waals surface area contributed by atoms with E-state index in [1.165, 1.54) is 6.92 Å². The Morgan fingerprint density at radius 2 is 1.74 bits per heavy atom. The van der Waals surface area contributed by atoms with Crippen LogP contribution >= 0.6 is 0 Å². The van der Waals surface area contributed by atoms with E-state index in [4.69, 9.17) is 5.73 Å². The van der Waals surface area contributed by atoms with Crippen LogP contribution in [0.4, 0.5) is 5.69 Å². The topological polar surface area (TPSA) is 111 Å². The fourth-order valence-corrected chi connectivity index (χ4v) is 4.58. The fourth-order valence-electron chi connectivity index (χ4n) is 4.58. The number of hydrogen-bond acceptors (Lipinski definition) is 6. The summed E-state index contributed by atoms with van der Waals surface area (Å²) in [5, 5.41) is 19.4. The molecule has 3 rings (SSSR count). The van der Waals surface area contributed by atoms with Crippen LogP contribution in [0.5, 0.6) is 0 Å². The molecule has 0 aliphatic heterocycles. The van der Waals surface area contributed by atoms with Crippen LogP contribution in [0, 0.1) is 5.41 Å². The summed E-state index contributed by atoms with van der Waals surface area (Å²) in [7, 11) is 0. The number of aromatic nitrogens is 4. The molecule has 0 bridgehead atoms. The minimum Gasteiger partial charge on any atom is -0.326 e. The van der Waals surface area contributed by atoms with Crippen LogP contribution in [-0.2, 0) is 23.4 Å². The lowest BCUT2D eigenvalue weighted by molar-refractivity contribution is -0.114. The molecular formula is C26H37N7O. The van der Waals surface area contributed by atoms with Crippen LogP contribution < -0.4 is 16.4 Å². The second-order valence-corrected chi connectivity index (χ2v) is 10.6. The number of tetrazole rings is 1. The third kappa shape index (κ3) is 6.71. The molecule has 34 heavy (non-hydrogen) atoms. The smallest absolute Gasteiger partial charge is 0.221 e. The van der Waals surface area contributed by atoms with Gasteiger partial charge in [-0.1, -0.05) is 57.2 Å². The molecule has 0 aliphatic rings. The Morgan fingerprint density at radius 1 is 1.06 bits per heavy atom. The van der Waals surface area contributed by atoms with E-state index in [2.05, 4.69) is 72.9 Å². The lowest BCUT2D eigenvalue weighted by Gasteiger charge is -2.34. The van der Waals surface area contributed by atoms with Crippen molar-refractivity contribution < 1.29 is 4.79 Å². The lowest BCUT2D eigenvalue weighted by Crippen LogP contribution is -2.36. The van der Waals surface area contributed by atoms with Crippen molar-refractivity contribution in [1.82, 2.24) is 25.5 Å². The number of hydrogen-bond donors (Lipinski definition) is 3. The van der Waals surface area contributed by atoms with Gasteiger partial charge in [-0.25, -0.2) is 4.68 Å². The zero-order valence-corrected chi connectivity index (χ0v) is 21.1. The summed E-state index contributed by atoms with van der Waals surface area (Å²) >= 11 is 0. The Morgan fingerprint density at radius 3 is 2.35 bits per heavy atom.